The third-order valence-electron chi connectivity index (χ3n) is 4.92. The molecule has 156 valence electrons. The second-order valence-electron chi connectivity index (χ2n) is 6.67. The van der Waals surface area contributed by atoms with E-state index in [1.165, 1.54) is 25.7 Å². The van der Waals surface area contributed by atoms with E-state index in [-0.39, 0.29) is 24.0 Å². The molecule has 2 heterocycles. The number of halogens is 1. The van der Waals surface area contributed by atoms with Crippen LogP contribution in [0.3, 0.4) is 0 Å². The number of thioether (sulfide) groups is 1. The van der Waals surface area contributed by atoms with Gasteiger partial charge in [-0.1, -0.05) is 24.6 Å². The molecule has 0 aliphatic heterocycles. The second-order valence-corrected chi connectivity index (χ2v) is 7.44. The van der Waals surface area contributed by atoms with Gasteiger partial charge in [0, 0.05) is 33.1 Å². The van der Waals surface area contributed by atoms with Crippen LogP contribution in [-0.2, 0) is 20.0 Å². The fourth-order valence-corrected chi connectivity index (χ4v) is 4.04. The van der Waals surface area contributed by atoms with Gasteiger partial charge in [0.2, 0.25) is 0 Å². The number of aromatic nitrogens is 6. The molecule has 0 aromatic carbocycles. The Balaban J connectivity index is 0.00000280. The first-order valence-corrected chi connectivity index (χ1v) is 10.7. The van der Waals surface area contributed by atoms with E-state index < -0.39 is 0 Å². The first-order chi connectivity index (χ1) is 13.2. The number of guanidine groups is 1. The van der Waals surface area contributed by atoms with Crippen LogP contribution in [0.25, 0.3) is 0 Å². The van der Waals surface area contributed by atoms with E-state index in [2.05, 4.69) is 46.7 Å². The Morgan fingerprint density at radius 1 is 1.25 bits per heavy atom. The lowest BCUT2D eigenvalue weighted by Gasteiger charge is -2.16. The lowest BCUT2D eigenvalue weighted by Crippen LogP contribution is -2.38. The zero-order valence-electron chi connectivity index (χ0n) is 16.8. The van der Waals surface area contributed by atoms with E-state index in [9.17, 15) is 0 Å². The van der Waals surface area contributed by atoms with Gasteiger partial charge in [0.15, 0.2) is 11.1 Å². The van der Waals surface area contributed by atoms with Crippen LogP contribution in [0.4, 0.5) is 0 Å². The van der Waals surface area contributed by atoms with Gasteiger partial charge < -0.3 is 15.2 Å². The summed E-state index contributed by atoms with van der Waals surface area (Å²) in [4.78, 5) is 8.46. The van der Waals surface area contributed by atoms with Crippen LogP contribution in [-0.4, -0.2) is 55.3 Å². The van der Waals surface area contributed by atoms with Crippen LogP contribution in [0.15, 0.2) is 16.5 Å². The van der Waals surface area contributed by atoms with Gasteiger partial charge in [-0.3, -0.25) is 9.67 Å². The highest BCUT2D eigenvalue weighted by molar-refractivity contribution is 14.0. The molecule has 0 amide bonds. The molecule has 1 saturated carbocycles. The van der Waals surface area contributed by atoms with Crippen molar-refractivity contribution in [3.8, 4) is 0 Å². The highest BCUT2D eigenvalue weighted by Crippen LogP contribution is 2.33. The molecule has 3 rings (SSSR count). The van der Waals surface area contributed by atoms with Crippen molar-refractivity contribution in [1.82, 2.24) is 40.2 Å². The molecule has 1 fully saturated rings. The van der Waals surface area contributed by atoms with Crippen LogP contribution >= 0.6 is 35.7 Å². The SMILES string of the molecule is CN=C(NCCCc1nnc(SC)n1C1CCCC1)NCc1ncnn1C.I. The monoisotopic (exact) mass is 519 g/mol. The number of aliphatic imine (C=N–C) groups is 1. The Hall–Kier alpha value is -1.37. The zero-order chi connectivity index (χ0) is 19.1. The fourth-order valence-electron chi connectivity index (χ4n) is 3.46. The molecule has 9 nitrogen and oxygen atoms in total. The lowest BCUT2D eigenvalue weighted by molar-refractivity contribution is 0.460. The summed E-state index contributed by atoms with van der Waals surface area (Å²) in [6.45, 7) is 1.41. The standard InChI is InChI=1S/C17H29N9S.HI/c1-18-16(20-11-15-21-12-22-25(15)2)19-10-6-9-14-23-24-17(27-3)26(14)13-7-4-5-8-13;/h12-13H,4-11H2,1-3H3,(H2,18,19,20);1H. The molecule has 11 heteroatoms. The first-order valence-electron chi connectivity index (χ1n) is 9.48. The van der Waals surface area contributed by atoms with Gasteiger partial charge in [-0.15, -0.1) is 34.2 Å². The van der Waals surface area contributed by atoms with Crippen LogP contribution in [0.2, 0.25) is 0 Å². The number of aryl methyl sites for hydroxylation is 2. The maximum absolute atomic E-state index is 4.45. The van der Waals surface area contributed by atoms with Crippen molar-refractivity contribution in [2.24, 2.45) is 12.0 Å². The molecular weight excluding hydrogens is 489 g/mol. The maximum Gasteiger partial charge on any atom is 0.191 e. The molecule has 0 bridgehead atoms. The average Bonchev–Trinajstić information content (AvgIpc) is 3.41. The normalized spacial score (nSPS) is 14.9. The number of nitrogens with zero attached hydrogens (tertiary/aromatic N) is 7. The quantitative estimate of drug-likeness (QED) is 0.181. The molecule has 2 aromatic rings. The third-order valence-corrected chi connectivity index (χ3v) is 5.56. The lowest BCUT2D eigenvalue weighted by atomic mass is 10.2. The van der Waals surface area contributed by atoms with Crippen LogP contribution in [0.1, 0.15) is 49.8 Å². The summed E-state index contributed by atoms with van der Waals surface area (Å²) in [5.74, 6) is 2.74. The van der Waals surface area contributed by atoms with E-state index in [1.54, 1.807) is 29.8 Å². The molecule has 1 aliphatic rings. The van der Waals surface area contributed by atoms with Crippen molar-refractivity contribution < 1.29 is 0 Å². The third kappa shape index (κ3) is 5.82. The highest BCUT2D eigenvalue weighted by Gasteiger charge is 2.23. The fraction of sp³-hybridized carbons (Fsp3) is 0.706. The minimum atomic E-state index is 0. The number of rotatable bonds is 8. The number of hydrogen-bond donors (Lipinski definition) is 2. The zero-order valence-corrected chi connectivity index (χ0v) is 19.9. The highest BCUT2D eigenvalue weighted by atomic mass is 127. The average molecular weight is 519 g/mol. The predicted molar refractivity (Wildman–Crippen MR) is 122 cm³/mol. The van der Waals surface area contributed by atoms with Gasteiger partial charge in [0.25, 0.3) is 0 Å². The summed E-state index contributed by atoms with van der Waals surface area (Å²) in [6, 6.07) is 0.575. The van der Waals surface area contributed by atoms with Crippen molar-refractivity contribution in [2.45, 2.75) is 56.3 Å². The molecule has 2 N–H and O–H groups in total. The molecule has 2 aromatic heterocycles. The molecule has 0 unspecified atom stereocenters. The topological polar surface area (TPSA) is 97.8 Å². The van der Waals surface area contributed by atoms with Crippen molar-refractivity contribution in [1.29, 1.82) is 0 Å². The van der Waals surface area contributed by atoms with E-state index in [4.69, 9.17) is 0 Å². The van der Waals surface area contributed by atoms with Gasteiger partial charge in [-0.25, -0.2) is 4.98 Å². The Morgan fingerprint density at radius 3 is 2.68 bits per heavy atom. The summed E-state index contributed by atoms with van der Waals surface area (Å²) >= 11 is 1.69. The summed E-state index contributed by atoms with van der Waals surface area (Å²) in [7, 11) is 3.65. The van der Waals surface area contributed by atoms with Gasteiger partial charge in [0.1, 0.15) is 18.0 Å². The molecule has 0 saturated heterocycles. The van der Waals surface area contributed by atoms with E-state index >= 15 is 0 Å². The van der Waals surface area contributed by atoms with E-state index in [0.717, 1.165) is 42.2 Å². The molecule has 0 atom stereocenters. The van der Waals surface area contributed by atoms with Crippen LogP contribution in [0, 0.1) is 0 Å². The number of nitrogens with one attached hydrogen (secondary N) is 2. The Morgan fingerprint density at radius 2 is 2.04 bits per heavy atom. The molecule has 28 heavy (non-hydrogen) atoms. The minimum absolute atomic E-state index is 0. The van der Waals surface area contributed by atoms with E-state index in [0.29, 0.717) is 12.6 Å². The van der Waals surface area contributed by atoms with Crippen molar-refractivity contribution in [3.05, 3.63) is 18.0 Å². The largest absolute Gasteiger partial charge is 0.356 e. The molecule has 0 spiro atoms. The second kappa shape index (κ2) is 11.6. The molecule has 1 aliphatic carbocycles. The maximum atomic E-state index is 4.45. The smallest absolute Gasteiger partial charge is 0.191 e. The van der Waals surface area contributed by atoms with Crippen molar-refractivity contribution in [2.75, 3.05) is 19.8 Å². The summed E-state index contributed by atoms with van der Waals surface area (Å²) < 4.78 is 4.12. The van der Waals surface area contributed by atoms with Crippen molar-refractivity contribution >= 4 is 41.7 Å². The Bertz CT molecular complexity index is 752. The van der Waals surface area contributed by atoms with Crippen LogP contribution in [0.5, 0.6) is 0 Å². The van der Waals surface area contributed by atoms with Crippen molar-refractivity contribution in [3.63, 3.8) is 0 Å². The summed E-state index contributed by atoms with van der Waals surface area (Å²) in [5, 5.41) is 20.6. The first kappa shape index (κ1) is 22.9. The van der Waals surface area contributed by atoms with Gasteiger partial charge in [-0.2, -0.15) is 5.10 Å². The minimum Gasteiger partial charge on any atom is -0.356 e. The Kier molecular flexibility index (Phi) is 9.48. The summed E-state index contributed by atoms with van der Waals surface area (Å²) in [5.41, 5.74) is 0. The van der Waals surface area contributed by atoms with Crippen LogP contribution < -0.4 is 10.6 Å². The summed E-state index contributed by atoms with van der Waals surface area (Å²) in [6.07, 6.45) is 10.6. The molecular formula is C17H30IN9S. The molecule has 0 radical (unpaired) electrons. The van der Waals surface area contributed by atoms with Gasteiger partial charge in [-0.05, 0) is 25.5 Å². The van der Waals surface area contributed by atoms with Gasteiger partial charge >= 0.3 is 0 Å². The van der Waals surface area contributed by atoms with Gasteiger partial charge in [0.05, 0.1) is 6.54 Å². The number of hydrogen-bond acceptors (Lipinski definition) is 6. The Labute approximate surface area is 187 Å². The van der Waals surface area contributed by atoms with E-state index in [1.807, 2.05) is 7.05 Å². The predicted octanol–water partition coefficient (Wildman–Crippen LogP) is 2.16.